The van der Waals surface area contributed by atoms with E-state index in [1.165, 1.54) is 25.7 Å². The predicted octanol–water partition coefficient (Wildman–Crippen LogP) is 1.49. The quantitative estimate of drug-likeness (QED) is 0.637. The molecule has 0 aromatic heterocycles. The van der Waals surface area contributed by atoms with Gasteiger partial charge >= 0.3 is 0 Å². The highest BCUT2D eigenvalue weighted by Gasteiger charge is 2.52. The molecule has 0 heterocycles. The van der Waals surface area contributed by atoms with E-state index in [0.29, 0.717) is 12.0 Å². The minimum absolute atomic E-state index is 0.121. The third-order valence-corrected chi connectivity index (χ3v) is 4.98. The number of carbonyl (C=O) groups is 1. The lowest BCUT2D eigenvalue weighted by Crippen LogP contribution is -2.64. The summed E-state index contributed by atoms with van der Waals surface area (Å²) in [6.45, 7) is 5.29. The predicted molar refractivity (Wildman–Crippen MR) is 80.3 cm³/mol. The van der Waals surface area contributed by atoms with Crippen LogP contribution in [0.25, 0.3) is 0 Å². The van der Waals surface area contributed by atoms with Crippen molar-refractivity contribution in [2.45, 2.75) is 63.5 Å². The first-order valence-corrected chi connectivity index (χ1v) is 8.44. The summed E-state index contributed by atoms with van der Waals surface area (Å²) in [4.78, 5) is 14.7. The smallest absolute Gasteiger partial charge is 0.239 e. The van der Waals surface area contributed by atoms with Crippen LogP contribution in [0, 0.1) is 11.8 Å². The minimum Gasteiger partial charge on any atom is -0.368 e. The highest BCUT2D eigenvalue weighted by molar-refractivity contribution is 5.86. The van der Waals surface area contributed by atoms with E-state index in [1.807, 2.05) is 0 Å². The van der Waals surface area contributed by atoms with Crippen molar-refractivity contribution in [3.8, 4) is 0 Å². The molecule has 0 aromatic carbocycles. The fourth-order valence-corrected chi connectivity index (χ4v) is 3.38. The SMILES string of the molecule is CCCN(CC1CC1)CC(NC1CC1)(C(N)=O)C1CC1. The summed E-state index contributed by atoms with van der Waals surface area (Å²) in [7, 11) is 0. The van der Waals surface area contributed by atoms with Crippen LogP contribution >= 0.6 is 0 Å². The van der Waals surface area contributed by atoms with Gasteiger partial charge in [-0.1, -0.05) is 6.92 Å². The molecule has 0 saturated heterocycles. The van der Waals surface area contributed by atoms with Gasteiger partial charge in [-0.3, -0.25) is 10.1 Å². The number of primary amides is 1. The van der Waals surface area contributed by atoms with Crippen molar-refractivity contribution in [3.05, 3.63) is 0 Å². The molecule has 0 bridgehead atoms. The standard InChI is InChI=1S/C16H29N3O/c1-2-9-19(10-12-3-4-12)11-16(15(17)20,13-5-6-13)18-14-7-8-14/h12-14,18H,2-11H2,1H3,(H2,17,20). The second-order valence-corrected chi connectivity index (χ2v) is 7.21. The van der Waals surface area contributed by atoms with Crippen molar-refractivity contribution in [3.63, 3.8) is 0 Å². The second-order valence-electron chi connectivity index (χ2n) is 7.21. The topological polar surface area (TPSA) is 58.4 Å². The first kappa shape index (κ1) is 14.3. The molecule has 3 rings (SSSR count). The van der Waals surface area contributed by atoms with Gasteiger partial charge in [-0.2, -0.15) is 0 Å². The first-order chi connectivity index (χ1) is 9.64. The number of amides is 1. The minimum atomic E-state index is -0.453. The number of hydrogen-bond donors (Lipinski definition) is 2. The Bertz CT molecular complexity index is 361. The molecule has 3 N–H and O–H groups in total. The van der Waals surface area contributed by atoms with Gasteiger partial charge < -0.3 is 10.6 Å². The molecular weight excluding hydrogens is 250 g/mol. The van der Waals surface area contributed by atoms with Crippen molar-refractivity contribution in [1.82, 2.24) is 10.2 Å². The Morgan fingerprint density at radius 1 is 1.25 bits per heavy atom. The van der Waals surface area contributed by atoms with Crippen LogP contribution in [0.2, 0.25) is 0 Å². The molecule has 1 amide bonds. The van der Waals surface area contributed by atoms with Crippen LogP contribution in [-0.2, 0) is 4.79 Å². The molecule has 0 spiro atoms. The Morgan fingerprint density at radius 2 is 1.95 bits per heavy atom. The maximum atomic E-state index is 12.2. The van der Waals surface area contributed by atoms with Crippen LogP contribution in [0.5, 0.6) is 0 Å². The van der Waals surface area contributed by atoms with Gasteiger partial charge in [-0.25, -0.2) is 0 Å². The molecule has 20 heavy (non-hydrogen) atoms. The first-order valence-electron chi connectivity index (χ1n) is 8.44. The molecule has 0 aliphatic heterocycles. The van der Waals surface area contributed by atoms with E-state index < -0.39 is 5.54 Å². The molecule has 3 aliphatic carbocycles. The number of rotatable bonds is 10. The van der Waals surface area contributed by atoms with E-state index in [4.69, 9.17) is 5.73 Å². The van der Waals surface area contributed by atoms with Crippen LogP contribution in [0.15, 0.2) is 0 Å². The van der Waals surface area contributed by atoms with Gasteiger partial charge in [0.25, 0.3) is 0 Å². The zero-order valence-corrected chi connectivity index (χ0v) is 12.7. The molecule has 114 valence electrons. The van der Waals surface area contributed by atoms with Crippen molar-refractivity contribution >= 4 is 5.91 Å². The van der Waals surface area contributed by atoms with Gasteiger partial charge in [0, 0.05) is 19.1 Å². The monoisotopic (exact) mass is 279 g/mol. The van der Waals surface area contributed by atoms with Crippen LogP contribution in [0.4, 0.5) is 0 Å². The highest BCUT2D eigenvalue weighted by Crippen LogP contribution is 2.42. The third-order valence-electron chi connectivity index (χ3n) is 4.98. The largest absolute Gasteiger partial charge is 0.368 e. The Morgan fingerprint density at radius 3 is 2.40 bits per heavy atom. The Labute approximate surface area is 122 Å². The van der Waals surface area contributed by atoms with Gasteiger partial charge in [-0.15, -0.1) is 0 Å². The molecule has 3 saturated carbocycles. The number of carbonyl (C=O) groups excluding carboxylic acids is 1. The average molecular weight is 279 g/mol. The summed E-state index contributed by atoms with van der Waals surface area (Å²) in [5, 5.41) is 3.63. The lowest BCUT2D eigenvalue weighted by Gasteiger charge is -2.37. The van der Waals surface area contributed by atoms with E-state index in [-0.39, 0.29) is 5.91 Å². The van der Waals surface area contributed by atoms with Gasteiger partial charge in [0.15, 0.2) is 0 Å². The summed E-state index contributed by atoms with van der Waals surface area (Å²) in [6, 6.07) is 0.535. The molecule has 1 unspecified atom stereocenters. The molecule has 3 fully saturated rings. The van der Waals surface area contributed by atoms with E-state index in [1.54, 1.807) is 0 Å². The van der Waals surface area contributed by atoms with Crippen LogP contribution < -0.4 is 11.1 Å². The second kappa shape index (κ2) is 5.64. The van der Waals surface area contributed by atoms with E-state index >= 15 is 0 Å². The summed E-state index contributed by atoms with van der Waals surface area (Å²) >= 11 is 0. The van der Waals surface area contributed by atoms with Gasteiger partial charge in [0.1, 0.15) is 5.54 Å². The van der Waals surface area contributed by atoms with E-state index in [9.17, 15) is 4.79 Å². The van der Waals surface area contributed by atoms with Gasteiger partial charge in [0.05, 0.1) is 0 Å². The van der Waals surface area contributed by atoms with Crippen molar-refractivity contribution in [1.29, 1.82) is 0 Å². The fourth-order valence-electron chi connectivity index (χ4n) is 3.38. The molecule has 0 radical (unpaired) electrons. The zero-order chi connectivity index (χ0) is 14.2. The van der Waals surface area contributed by atoms with Crippen molar-refractivity contribution in [2.75, 3.05) is 19.6 Å². The molecule has 4 nitrogen and oxygen atoms in total. The lowest BCUT2D eigenvalue weighted by atomic mass is 9.90. The van der Waals surface area contributed by atoms with Crippen molar-refractivity contribution in [2.24, 2.45) is 17.6 Å². The van der Waals surface area contributed by atoms with Gasteiger partial charge in [-0.05, 0) is 63.3 Å². The van der Waals surface area contributed by atoms with Crippen LogP contribution in [-0.4, -0.2) is 42.0 Å². The van der Waals surface area contributed by atoms with Crippen LogP contribution in [0.3, 0.4) is 0 Å². The molecule has 3 aliphatic rings. The Balaban J connectivity index is 1.70. The summed E-state index contributed by atoms with van der Waals surface area (Å²) < 4.78 is 0. The van der Waals surface area contributed by atoms with E-state index in [0.717, 1.165) is 44.8 Å². The Hall–Kier alpha value is -0.610. The maximum Gasteiger partial charge on any atom is 0.239 e. The Kier molecular flexibility index (Phi) is 4.04. The number of hydrogen-bond acceptors (Lipinski definition) is 3. The number of nitrogens with zero attached hydrogens (tertiary/aromatic N) is 1. The fraction of sp³-hybridized carbons (Fsp3) is 0.938. The summed E-state index contributed by atoms with van der Waals surface area (Å²) in [5.74, 6) is 1.22. The maximum absolute atomic E-state index is 12.2. The van der Waals surface area contributed by atoms with Gasteiger partial charge in [0.2, 0.25) is 5.91 Å². The van der Waals surface area contributed by atoms with Crippen LogP contribution in [0.1, 0.15) is 51.9 Å². The summed E-state index contributed by atoms with van der Waals surface area (Å²) in [5.41, 5.74) is 5.40. The summed E-state index contributed by atoms with van der Waals surface area (Å²) in [6.07, 6.45) is 8.61. The molecular formula is C16H29N3O. The van der Waals surface area contributed by atoms with E-state index in [2.05, 4.69) is 17.1 Å². The zero-order valence-electron chi connectivity index (χ0n) is 12.7. The molecule has 1 atom stereocenters. The molecule has 4 heteroatoms. The average Bonchev–Trinajstić information content (AvgIpc) is 3.25. The lowest BCUT2D eigenvalue weighted by molar-refractivity contribution is -0.126. The van der Waals surface area contributed by atoms with Crippen molar-refractivity contribution < 1.29 is 4.79 Å². The third kappa shape index (κ3) is 3.34. The normalized spacial score (nSPS) is 25.7. The number of nitrogens with two attached hydrogens (primary N) is 1. The number of nitrogens with one attached hydrogen (secondary N) is 1. The highest BCUT2D eigenvalue weighted by atomic mass is 16.1. The molecule has 0 aromatic rings.